The molecule has 1 aliphatic rings. The van der Waals surface area contributed by atoms with Crippen molar-refractivity contribution in [3.05, 3.63) is 289 Å². The monoisotopic (exact) mass is 892 g/mol. The minimum Gasteiger partial charge on any atom is -0.456 e. The van der Waals surface area contributed by atoms with Gasteiger partial charge in [0.25, 0.3) is 0 Å². The van der Waals surface area contributed by atoms with Crippen LogP contribution in [0.25, 0.3) is 82.8 Å². The number of benzene rings is 11. The lowest BCUT2D eigenvalue weighted by Gasteiger charge is -2.34. The average Bonchev–Trinajstić information content (AvgIpc) is 4.09. The van der Waals surface area contributed by atoms with Crippen molar-refractivity contribution in [3.8, 4) is 39.1 Å². The molecule has 11 aromatic carbocycles. The summed E-state index contributed by atoms with van der Waals surface area (Å²) in [6.45, 7) is 0. The van der Waals surface area contributed by atoms with Crippen LogP contribution in [0.4, 0.5) is 17.1 Å². The number of furan rings is 1. The maximum atomic E-state index is 6.34. The molecule has 3 nitrogen and oxygen atoms in total. The predicted octanol–water partition coefficient (Wildman–Crippen LogP) is 17.8. The van der Waals surface area contributed by atoms with Crippen LogP contribution >= 0.6 is 0 Å². The Balaban J connectivity index is 0.946. The van der Waals surface area contributed by atoms with Crippen LogP contribution in [0.1, 0.15) is 22.3 Å². The predicted molar refractivity (Wildman–Crippen MR) is 291 cm³/mol. The van der Waals surface area contributed by atoms with Crippen LogP contribution in [0.5, 0.6) is 0 Å². The Labute approximate surface area is 406 Å². The van der Waals surface area contributed by atoms with Gasteiger partial charge in [-0.2, -0.15) is 0 Å². The maximum Gasteiger partial charge on any atom is 0.136 e. The first kappa shape index (κ1) is 39.9. The second-order valence-corrected chi connectivity index (χ2v) is 18.4. The first-order chi connectivity index (χ1) is 34.7. The third-order valence-corrected chi connectivity index (χ3v) is 14.7. The summed E-state index contributed by atoms with van der Waals surface area (Å²) in [5, 5.41) is 4.77. The fraction of sp³-hybridized carbons (Fsp3) is 0.0149. The van der Waals surface area contributed by atoms with Crippen molar-refractivity contribution in [2.75, 3.05) is 4.90 Å². The third-order valence-electron chi connectivity index (χ3n) is 14.7. The van der Waals surface area contributed by atoms with E-state index in [4.69, 9.17) is 4.42 Å². The Morgan fingerprint density at radius 3 is 1.59 bits per heavy atom. The molecule has 328 valence electrons. The van der Waals surface area contributed by atoms with E-state index in [1.807, 2.05) is 6.07 Å². The lowest BCUT2D eigenvalue weighted by atomic mass is 9.68. The minimum absolute atomic E-state index is 0.530. The summed E-state index contributed by atoms with van der Waals surface area (Å²) < 4.78 is 8.73. The Morgan fingerprint density at radius 1 is 0.357 bits per heavy atom. The van der Waals surface area contributed by atoms with Gasteiger partial charge in [0, 0.05) is 44.2 Å². The summed E-state index contributed by atoms with van der Waals surface area (Å²) in [6.07, 6.45) is 0. The van der Waals surface area contributed by atoms with E-state index in [0.29, 0.717) is 0 Å². The minimum atomic E-state index is -0.530. The van der Waals surface area contributed by atoms with Crippen molar-refractivity contribution in [2.24, 2.45) is 0 Å². The second kappa shape index (κ2) is 16.0. The Kier molecular flexibility index (Phi) is 9.11. The van der Waals surface area contributed by atoms with E-state index in [-0.39, 0.29) is 0 Å². The molecule has 0 bridgehead atoms. The number of anilines is 3. The SMILES string of the molecule is c1ccc(C2(c3ccccc3)c3ccccc3-c3c(N(c4ccc(-c5cccc(-n6c7ccccc7c7ccccc76)c5)cc4)c4ccc(-c5cccc6oc7ccccc7c56)cc4)cccc32)cc1. The summed E-state index contributed by atoms with van der Waals surface area (Å²) in [5.74, 6) is 0. The normalized spacial score (nSPS) is 12.7. The molecule has 0 atom stereocenters. The van der Waals surface area contributed by atoms with Crippen LogP contribution in [0.3, 0.4) is 0 Å². The number of hydrogen-bond acceptors (Lipinski definition) is 2. The van der Waals surface area contributed by atoms with Gasteiger partial charge in [-0.25, -0.2) is 0 Å². The molecule has 2 heterocycles. The lowest BCUT2D eigenvalue weighted by molar-refractivity contribution is 0.669. The molecule has 0 unspecified atom stereocenters. The molecule has 0 saturated carbocycles. The van der Waals surface area contributed by atoms with Crippen molar-refractivity contribution in [1.82, 2.24) is 4.57 Å². The fourth-order valence-electron chi connectivity index (χ4n) is 11.7. The zero-order valence-corrected chi connectivity index (χ0v) is 38.2. The van der Waals surface area contributed by atoms with Gasteiger partial charge in [-0.05, 0) is 117 Å². The zero-order chi connectivity index (χ0) is 46.2. The molecule has 70 heavy (non-hydrogen) atoms. The first-order valence-electron chi connectivity index (χ1n) is 24.1. The molecule has 14 rings (SSSR count). The van der Waals surface area contributed by atoms with Crippen LogP contribution < -0.4 is 4.90 Å². The van der Waals surface area contributed by atoms with E-state index < -0.39 is 5.41 Å². The molecule has 0 fully saturated rings. The van der Waals surface area contributed by atoms with E-state index in [0.717, 1.165) is 66.9 Å². The van der Waals surface area contributed by atoms with Crippen molar-refractivity contribution in [3.63, 3.8) is 0 Å². The van der Waals surface area contributed by atoms with Gasteiger partial charge in [-0.3, -0.25) is 0 Å². The quantitative estimate of drug-likeness (QED) is 0.152. The smallest absolute Gasteiger partial charge is 0.136 e. The molecular weight excluding hydrogens is 849 g/mol. The Bertz CT molecular complexity index is 4020. The molecule has 0 saturated heterocycles. The summed E-state index contributed by atoms with van der Waals surface area (Å²) in [4.78, 5) is 2.46. The molecule has 0 radical (unpaired) electrons. The summed E-state index contributed by atoms with van der Waals surface area (Å²) in [7, 11) is 0. The van der Waals surface area contributed by atoms with E-state index in [9.17, 15) is 0 Å². The van der Waals surface area contributed by atoms with Gasteiger partial charge in [0.05, 0.1) is 22.1 Å². The number of hydrogen-bond donors (Lipinski definition) is 0. The van der Waals surface area contributed by atoms with Gasteiger partial charge in [0.1, 0.15) is 11.2 Å². The molecule has 0 amide bonds. The van der Waals surface area contributed by atoms with Gasteiger partial charge in [-0.1, -0.05) is 200 Å². The van der Waals surface area contributed by atoms with Crippen LogP contribution in [0.15, 0.2) is 271 Å². The highest BCUT2D eigenvalue weighted by Crippen LogP contribution is 2.59. The van der Waals surface area contributed by atoms with E-state index >= 15 is 0 Å². The van der Waals surface area contributed by atoms with Crippen LogP contribution in [0, 0.1) is 0 Å². The summed E-state index contributed by atoms with van der Waals surface area (Å²) >= 11 is 0. The number of fused-ring (bicyclic) bond motifs is 9. The molecule has 1 aliphatic carbocycles. The van der Waals surface area contributed by atoms with Gasteiger partial charge in [0.15, 0.2) is 0 Å². The van der Waals surface area contributed by atoms with Crippen molar-refractivity contribution < 1.29 is 4.42 Å². The highest BCUT2D eigenvalue weighted by Gasteiger charge is 2.47. The third kappa shape index (κ3) is 6.01. The molecule has 2 aromatic heterocycles. The molecule has 0 spiro atoms. The lowest BCUT2D eigenvalue weighted by Crippen LogP contribution is -2.28. The maximum absolute atomic E-state index is 6.34. The largest absolute Gasteiger partial charge is 0.456 e. The van der Waals surface area contributed by atoms with Gasteiger partial charge < -0.3 is 13.9 Å². The van der Waals surface area contributed by atoms with Gasteiger partial charge in [0.2, 0.25) is 0 Å². The molecule has 0 aliphatic heterocycles. The van der Waals surface area contributed by atoms with Crippen molar-refractivity contribution in [2.45, 2.75) is 5.41 Å². The topological polar surface area (TPSA) is 21.3 Å². The molecule has 3 heteroatoms. The van der Waals surface area contributed by atoms with Crippen LogP contribution in [-0.2, 0) is 5.41 Å². The molecule has 0 N–H and O–H groups in total. The Morgan fingerprint density at radius 2 is 0.886 bits per heavy atom. The highest BCUT2D eigenvalue weighted by atomic mass is 16.3. The van der Waals surface area contributed by atoms with Crippen LogP contribution in [-0.4, -0.2) is 4.57 Å². The standard InChI is InChI=1S/C67H44N2O/c1-3-19-48(20-4-1)67(49-21-5-2-6-22-49)58-29-11-7-26-56(58)66-59(67)30-17-33-62(66)68(51-42-38-46(39-43-51)53-28-16-35-64-65(53)57-27-10-14-34-63(57)70-64)50-40-36-45(37-41-50)47-18-15-23-52(44-47)69-60-31-12-8-24-54(60)55-25-9-13-32-61(55)69/h1-44H. The highest BCUT2D eigenvalue weighted by molar-refractivity contribution is 6.13. The van der Waals surface area contributed by atoms with E-state index in [1.165, 1.54) is 55.2 Å². The molecular formula is C67H44N2O. The fourth-order valence-corrected chi connectivity index (χ4v) is 11.7. The number of aromatic nitrogens is 1. The van der Waals surface area contributed by atoms with Gasteiger partial charge in [-0.15, -0.1) is 0 Å². The number of para-hydroxylation sites is 3. The summed E-state index contributed by atoms with van der Waals surface area (Å²) in [6, 6.07) is 97.3. The second-order valence-electron chi connectivity index (χ2n) is 18.4. The Hall–Kier alpha value is -9.18. The van der Waals surface area contributed by atoms with E-state index in [2.05, 4.69) is 270 Å². The van der Waals surface area contributed by atoms with Crippen molar-refractivity contribution in [1.29, 1.82) is 0 Å². The van der Waals surface area contributed by atoms with Crippen LogP contribution in [0.2, 0.25) is 0 Å². The van der Waals surface area contributed by atoms with Gasteiger partial charge >= 0.3 is 0 Å². The zero-order valence-electron chi connectivity index (χ0n) is 38.2. The van der Waals surface area contributed by atoms with E-state index in [1.54, 1.807) is 0 Å². The average molecular weight is 893 g/mol. The molecule has 13 aromatic rings. The first-order valence-corrected chi connectivity index (χ1v) is 24.1. The number of nitrogens with zero attached hydrogens (tertiary/aromatic N) is 2. The number of rotatable bonds is 8. The summed E-state index contributed by atoms with van der Waals surface area (Å²) in [5.41, 5.74) is 20.2. The van der Waals surface area contributed by atoms with Crippen molar-refractivity contribution >= 4 is 60.8 Å².